The second-order valence-electron chi connectivity index (χ2n) is 9.72. The van der Waals surface area contributed by atoms with Gasteiger partial charge >= 0.3 is 0 Å². The number of hydrogen-bond donors (Lipinski definition) is 0. The predicted molar refractivity (Wildman–Crippen MR) is 141 cm³/mol. The van der Waals surface area contributed by atoms with Gasteiger partial charge in [0.2, 0.25) is 5.91 Å². The molecule has 0 fully saturated rings. The van der Waals surface area contributed by atoms with Crippen molar-refractivity contribution in [3.8, 4) is 5.75 Å². The lowest BCUT2D eigenvalue weighted by atomic mass is 10.00. The van der Waals surface area contributed by atoms with Crippen LogP contribution in [-0.4, -0.2) is 47.9 Å². The Morgan fingerprint density at radius 3 is 2.34 bits per heavy atom. The van der Waals surface area contributed by atoms with Gasteiger partial charge in [-0.05, 0) is 67.5 Å². The van der Waals surface area contributed by atoms with Crippen LogP contribution in [-0.2, 0) is 11.2 Å². The lowest BCUT2D eigenvalue weighted by Gasteiger charge is -2.37. The first-order valence-corrected chi connectivity index (χ1v) is 13.1. The Morgan fingerprint density at radius 1 is 1.03 bits per heavy atom. The van der Waals surface area contributed by atoms with Crippen molar-refractivity contribution in [1.29, 1.82) is 0 Å². The summed E-state index contributed by atoms with van der Waals surface area (Å²) in [4.78, 5) is 31.9. The van der Waals surface area contributed by atoms with E-state index in [1.807, 2.05) is 67.3 Å². The lowest BCUT2D eigenvalue weighted by molar-refractivity contribution is -0.135. The number of ether oxygens (including phenoxy) is 1. The van der Waals surface area contributed by atoms with Gasteiger partial charge in [0.15, 0.2) is 0 Å². The van der Waals surface area contributed by atoms with Crippen molar-refractivity contribution in [2.75, 3.05) is 26.2 Å². The summed E-state index contributed by atoms with van der Waals surface area (Å²) in [7, 11) is 0. The fourth-order valence-electron chi connectivity index (χ4n) is 4.48. The summed E-state index contributed by atoms with van der Waals surface area (Å²) in [6, 6.07) is 17.4. The first-order valence-electron chi connectivity index (χ1n) is 12.2. The Balaban J connectivity index is 1.52. The molecule has 0 N–H and O–H groups in total. The van der Waals surface area contributed by atoms with Crippen LogP contribution in [0.4, 0.5) is 0 Å². The number of aryl methyl sites for hydroxylation is 2. The molecule has 35 heavy (non-hydrogen) atoms. The van der Waals surface area contributed by atoms with Crippen molar-refractivity contribution in [3.05, 3.63) is 87.1 Å². The van der Waals surface area contributed by atoms with Crippen LogP contribution in [0.5, 0.6) is 5.75 Å². The van der Waals surface area contributed by atoms with E-state index < -0.39 is 0 Å². The summed E-state index contributed by atoms with van der Waals surface area (Å²) in [6.45, 7) is 9.78. The normalized spacial score (nSPS) is 15.1. The fraction of sp³-hybridized carbons (Fsp3) is 0.379. The van der Waals surface area contributed by atoms with Gasteiger partial charge in [-0.15, -0.1) is 11.3 Å². The van der Waals surface area contributed by atoms with Crippen LogP contribution in [0.3, 0.4) is 0 Å². The number of fused-ring (bicyclic) bond motifs is 1. The number of amides is 2. The highest BCUT2D eigenvalue weighted by molar-refractivity contribution is 7.10. The van der Waals surface area contributed by atoms with E-state index in [1.54, 1.807) is 16.2 Å². The Kier molecular flexibility index (Phi) is 7.91. The highest BCUT2D eigenvalue weighted by atomic mass is 32.1. The van der Waals surface area contributed by atoms with Crippen molar-refractivity contribution in [1.82, 2.24) is 9.80 Å². The van der Waals surface area contributed by atoms with Gasteiger partial charge in [-0.3, -0.25) is 9.59 Å². The molecule has 1 aromatic heterocycles. The molecule has 1 aliphatic heterocycles. The predicted octanol–water partition coefficient (Wildman–Crippen LogP) is 5.67. The molecule has 2 aromatic carbocycles. The summed E-state index contributed by atoms with van der Waals surface area (Å²) >= 11 is 1.73. The van der Waals surface area contributed by atoms with E-state index in [-0.39, 0.29) is 30.3 Å². The molecule has 1 atom stereocenters. The molecule has 0 bridgehead atoms. The van der Waals surface area contributed by atoms with Crippen LogP contribution in [0.1, 0.15) is 51.8 Å². The summed E-state index contributed by atoms with van der Waals surface area (Å²) in [6.07, 6.45) is 0.829. The summed E-state index contributed by atoms with van der Waals surface area (Å²) in [5, 5.41) is 2.09. The third kappa shape index (κ3) is 6.12. The number of benzene rings is 2. The van der Waals surface area contributed by atoms with Gasteiger partial charge in [0, 0.05) is 23.5 Å². The van der Waals surface area contributed by atoms with Gasteiger partial charge in [0.1, 0.15) is 18.9 Å². The zero-order valence-electron chi connectivity index (χ0n) is 21.0. The standard InChI is InChI=1S/C29H34N2O3S/c1-20(2)17-30(29(33)23-9-5-21(3)6-10-23)18-28(32)31-15-13-27-25(14-16-35-27)26(31)19-34-24-11-7-22(4)8-12-24/h5-12,14,16,20,26H,13,15,17-19H2,1-4H3/t26-/m1/s1. The van der Waals surface area contributed by atoms with Crippen LogP contribution < -0.4 is 4.74 Å². The molecule has 0 unspecified atom stereocenters. The molecule has 0 radical (unpaired) electrons. The van der Waals surface area contributed by atoms with Gasteiger partial charge in [-0.1, -0.05) is 49.2 Å². The number of rotatable bonds is 8. The molecule has 3 aromatic rings. The van der Waals surface area contributed by atoms with Gasteiger partial charge in [0.05, 0.1) is 6.04 Å². The Bertz CT molecular complexity index is 1150. The molecule has 4 rings (SSSR count). The van der Waals surface area contributed by atoms with Gasteiger partial charge in [-0.2, -0.15) is 0 Å². The fourth-order valence-corrected chi connectivity index (χ4v) is 5.41. The largest absolute Gasteiger partial charge is 0.491 e. The average Bonchev–Trinajstić information content (AvgIpc) is 3.32. The molecule has 184 valence electrons. The number of carbonyl (C=O) groups excluding carboxylic acids is 2. The van der Waals surface area contributed by atoms with Crippen LogP contribution in [0, 0.1) is 19.8 Å². The monoisotopic (exact) mass is 490 g/mol. The number of nitrogens with zero attached hydrogens (tertiary/aromatic N) is 2. The number of thiophene rings is 1. The minimum absolute atomic E-state index is 0.0412. The molecule has 0 saturated carbocycles. The van der Waals surface area contributed by atoms with Crippen LogP contribution in [0.15, 0.2) is 60.0 Å². The average molecular weight is 491 g/mol. The van der Waals surface area contributed by atoms with Crippen LogP contribution in [0.2, 0.25) is 0 Å². The third-order valence-electron chi connectivity index (χ3n) is 6.34. The van der Waals surface area contributed by atoms with Crippen LogP contribution in [0.25, 0.3) is 0 Å². The highest BCUT2D eigenvalue weighted by Crippen LogP contribution is 2.34. The maximum Gasteiger partial charge on any atom is 0.254 e. The van der Waals surface area contributed by atoms with Crippen LogP contribution >= 0.6 is 11.3 Å². The molecule has 5 nitrogen and oxygen atoms in total. The van der Waals surface area contributed by atoms with E-state index in [0.29, 0.717) is 25.3 Å². The molecule has 1 aliphatic rings. The quantitative estimate of drug-likeness (QED) is 0.409. The summed E-state index contributed by atoms with van der Waals surface area (Å²) in [5.74, 6) is 0.900. The first-order chi connectivity index (χ1) is 16.8. The maximum absolute atomic E-state index is 13.7. The molecule has 6 heteroatoms. The topological polar surface area (TPSA) is 49.9 Å². The minimum atomic E-state index is -0.172. The third-order valence-corrected chi connectivity index (χ3v) is 7.34. The Labute approximate surface area is 212 Å². The van der Waals surface area contributed by atoms with Crippen molar-refractivity contribution >= 4 is 23.2 Å². The SMILES string of the molecule is Cc1ccc(OC[C@@H]2c3ccsc3CCN2C(=O)CN(CC(C)C)C(=O)c2ccc(C)cc2)cc1. The zero-order chi connectivity index (χ0) is 24.9. The maximum atomic E-state index is 13.7. The lowest BCUT2D eigenvalue weighted by Crippen LogP contribution is -2.48. The molecule has 0 saturated heterocycles. The van der Waals surface area contributed by atoms with Crippen molar-refractivity contribution < 1.29 is 14.3 Å². The van der Waals surface area contributed by atoms with E-state index >= 15 is 0 Å². The number of hydrogen-bond acceptors (Lipinski definition) is 4. The Hall–Kier alpha value is -3.12. The first kappa shape index (κ1) is 25.0. The van der Waals surface area contributed by atoms with Gasteiger partial charge in [0.25, 0.3) is 5.91 Å². The smallest absolute Gasteiger partial charge is 0.254 e. The zero-order valence-corrected chi connectivity index (χ0v) is 21.8. The highest BCUT2D eigenvalue weighted by Gasteiger charge is 2.33. The molecule has 2 heterocycles. The van der Waals surface area contributed by atoms with Gasteiger partial charge < -0.3 is 14.5 Å². The van der Waals surface area contributed by atoms with E-state index in [2.05, 4.69) is 25.3 Å². The van der Waals surface area contributed by atoms with E-state index in [0.717, 1.165) is 23.3 Å². The molecule has 2 amide bonds. The van der Waals surface area contributed by atoms with E-state index in [9.17, 15) is 9.59 Å². The second kappa shape index (κ2) is 11.1. The van der Waals surface area contributed by atoms with Crippen molar-refractivity contribution in [2.24, 2.45) is 5.92 Å². The van der Waals surface area contributed by atoms with Crippen molar-refractivity contribution in [3.63, 3.8) is 0 Å². The second-order valence-corrected chi connectivity index (χ2v) is 10.7. The summed E-state index contributed by atoms with van der Waals surface area (Å²) < 4.78 is 6.13. The molecular weight excluding hydrogens is 456 g/mol. The van der Waals surface area contributed by atoms with Crippen molar-refractivity contribution in [2.45, 2.75) is 40.2 Å². The molecule has 0 aliphatic carbocycles. The Morgan fingerprint density at radius 2 is 1.69 bits per heavy atom. The van der Waals surface area contributed by atoms with E-state index in [4.69, 9.17) is 4.74 Å². The minimum Gasteiger partial charge on any atom is -0.491 e. The van der Waals surface area contributed by atoms with Gasteiger partial charge in [-0.25, -0.2) is 0 Å². The van der Waals surface area contributed by atoms with E-state index in [1.165, 1.54) is 10.4 Å². The molecule has 0 spiro atoms. The molecular formula is C29H34N2O3S. The number of carbonyl (C=O) groups is 2. The summed E-state index contributed by atoms with van der Waals surface area (Å²) in [5.41, 5.74) is 4.05.